The SMILES string of the molecule is CCS(=O)CCNCc1ccc(OC)c([N+](=O)[O-])c1. The number of nitrogens with one attached hydrogen (secondary N) is 1. The Balaban J connectivity index is 2.57. The van der Waals surface area contributed by atoms with Crippen LogP contribution in [0.15, 0.2) is 18.2 Å². The van der Waals surface area contributed by atoms with Gasteiger partial charge >= 0.3 is 5.69 Å². The molecule has 19 heavy (non-hydrogen) atoms. The molecule has 0 spiro atoms. The van der Waals surface area contributed by atoms with E-state index in [1.54, 1.807) is 12.1 Å². The first kappa shape index (κ1) is 15.6. The fraction of sp³-hybridized carbons (Fsp3) is 0.500. The van der Waals surface area contributed by atoms with Gasteiger partial charge in [0.25, 0.3) is 0 Å². The normalized spacial score (nSPS) is 12.1. The number of benzene rings is 1. The van der Waals surface area contributed by atoms with Gasteiger partial charge in [-0.05, 0) is 11.6 Å². The van der Waals surface area contributed by atoms with Gasteiger partial charge in [0.15, 0.2) is 5.75 Å². The Bertz CT molecular complexity index is 465. The van der Waals surface area contributed by atoms with Crippen LogP contribution in [0.2, 0.25) is 0 Å². The Labute approximate surface area is 114 Å². The number of nitro groups is 1. The summed E-state index contributed by atoms with van der Waals surface area (Å²) in [6, 6.07) is 4.84. The van der Waals surface area contributed by atoms with E-state index in [4.69, 9.17) is 4.74 Å². The number of ether oxygens (including phenoxy) is 1. The highest BCUT2D eigenvalue weighted by Crippen LogP contribution is 2.27. The molecule has 0 heterocycles. The van der Waals surface area contributed by atoms with Crippen LogP contribution in [0.5, 0.6) is 5.75 Å². The Morgan fingerprint density at radius 2 is 2.21 bits per heavy atom. The third-order valence-electron chi connectivity index (χ3n) is 2.60. The van der Waals surface area contributed by atoms with Crippen LogP contribution in [0, 0.1) is 10.1 Å². The van der Waals surface area contributed by atoms with Crippen molar-refractivity contribution in [3.05, 3.63) is 33.9 Å². The Morgan fingerprint density at radius 1 is 1.47 bits per heavy atom. The van der Waals surface area contributed by atoms with Crippen LogP contribution in [0.4, 0.5) is 5.69 Å². The van der Waals surface area contributed by atoms with Crippen LogP contribution < -0.4 is 10.1 Å². The molecule has 0 amide bonds. The van der Waals surface area contributed by atoms with E-state index >= 15 is 0 Å². The van der Waals surface area contributed by atoms with Gasteiger partial charge in [0.05, 0.1) is 12.0 Å². The molecule has 1 aromatic rings. The average Bonchev–Trinajstić information content (AvgIpc) is 2.42. The number of hydrogen-bond donors (Lipinski definition) is 1. The van der Waals surface area contributed by atoms with Crippen LogP contribution in [-0.4, -0.2) is 34.3 Å². The second-order valence-electron chi connectivity index (χ2n) is 3.87. The monoisotopic (exact) mass is 286 g/mol. The predicted molar refractivity (Wildman–Crippen MR) is 74.9 cm³/mol. The summed E-state index contributed by atoms with van der Waals surface area (Å²) >= 11 is 0. The zero-order valence-electron chi connectivity index (χ0n) is 11.0. The van der Waals surface area contributed by atoms with Gasteiger partial charge in [-0.3, -0.25) is 14.3 Å². The highest BCUT2D eigenvalue weighted by atomic mass is 32.2. The summed E-state index contributed by atoms with van der Waals surface area (Å²) in [6.45, 7) is 3.01. The molecule has 1 atom stereocenters. The molecule has 0 aliphatic heterocycles. The Hall–Kier alpha value is -1.47. The lowest BCUT2D eigenvalue weighted by Gasteiger charge is -2.06. The van der Waals surface area contributed by atoms with Gasteiger partial charge in [0.1, 0.15) is 0 Å². The van der Waals surface area contributed by atoms with Gasteiger partial charge < -0.3 is 10.1 Å². The van der Waals surface area contributed by atoms with Gasteiger partial charge in [-0.2, -0.15) is 0 Å². The molecular weight excluding hydrogens is 268 g/mol. The molecule has 0 bridgehead atoms. The van der Waals surface area contributed by atoms with Gasteiger partial charge in [0.2, 0.25) is 0 Å². The number of methoxy groups -OCH3 is 1. The molecule has 0 aliphatic rings. The second kappa shape index (κ2) is 7.85. The first-order chi connectivity index (χ1) is 9.08. The largest absolute Gasteiger partial charge is 0.490 e. The predicted octanol–water partition coefficient (Wildman–Crippen LogP) is 1.46. The molecule has 0 saturated heterocycles. The molecule has 7 heteroatoms. The summed E-state index contributed by atoms with van der Waals surface area (Å²) < 4.78 is 16.1. The third kappa shape index (κ3) is 4.96. The summed E-state index contributed by atoms with van der Waals surface area (Å²) in [7, 11) is 0.611. The van der Waals surface area contributed by atoms with E-state index < -0.39 is 15.7 Å². The van der Waals surface area contributed by atoms with Gasteiger partial charge in [0, 0.05) is 41.5 Å². The third-order valence-corrected chi connectivity index (χ3v) is 3.90. The summed E-state index contributed by atoms with van der Waals surface area (Å²) in [6.07, 6.45) is 0. The van der Waals surface area contributed by atoms with E-state index in [0.717, 1.165) is 5.56 Å². The van der Waals surface area contributed by atoms with Crippen molar-refractivity contribution >= 4 is 16.5 Å². The first-order valence-corrected chi connectivity index (χ1v) is 7.44. The zero-order valence-corrected chi connectivity index (χ0v) is 11.9. The highest BCUT2D eigenvalue weighted by molar-refractivity contribution is 7.84. The van der Waals surface area contributed by atoms with E-state index in [2.05, 4.69) is 5.32 Å². The molecule has 0 saturated carbocycles. The summed E-state index contributed by atoms with van der Waals surface area (Å²) in [5, 5.41) is 14.0. The van der Waals surface area contributed by atoms with Crippen molar-refractivity contribution < 1.29 is 13.9 Å². The maximum Gasteiger partial charge on any atom is 0.311 e. The van der Waals surface area contributed by atoms with Crippen molar-refractivity contribution in [3.63, 3.8) is 0 Å². The molecule has 6 nitrogen and oxygen atoms in total. The van der Waals surface area contributed by atoms with E-state index in [1.807, 2.05) is 6.92 Å². The van der Waals surface area contributed by atoms with Crippen LogP contribution in [0.1, 0.15) is 12.5 Å². The van der Waals surface area contributed by atoms with Crippen LogP contribution >= 0.6 is 0 Å². The van der Waals surface area contributed by atoms with Gasteiger partial charge in [-0.25, -0.2) is 0 Å². The zero-order chi connectivity index (χ0) is 14.3. The standard InChI is InChI=1S/C12H18N2O4S/c1-3-19(17)7-6-13-9-10-4-5-12(18-2)11(8-10)14(15)16/h4-5,8,13H,3,6-7,9H2,1-2H3. The Kier molecular flexibility index (Phi) is 6.44. The quantitative estimate of drug-likeness (QED) is 0.444. The topological polar surface area (TPSA) is 81.5 Å². The van der Waals surface area contributed by atoms with Crippen molar-refractivity contribution in [3.8, 4) is 5.75 Å². The van der Waals surface area contributed by atoms with Crippen molar-refractivity contribution in [1.29, 1.82) is 0 Å². The number of rotatable bonds is 8. The molecule has 0 radical (unpaired) electrons. The smallest absolute Gasteiger partial charge is 0.311 e. The second-order valence-corrected chi connectivity index (χ2v) is 5.74. The minimum Gasteiger partial charge on any atom is -0.490 e. The minimum absolute atomic E-state index is 0.0427. The summed E-state index contributed by atoms with van der Waals surface area (Å²) in [5.41, 5.74) is 0.758. The highest BCUT2D eigenvalue weighted by Gasteiger charge is 2.14. The molecule has 1 aromatic carbocycles. The molecule has 0 aromatic heterocycles. The van der Waals surface area contributed by atoms with Crippen LogP contribution in [0.25, 0.3) is 0 Å². The average molecular weight is 286 g/mol. The van der Waals surface area contributed by atoms with Crippen LogP contribution in [-0.2, 0) is 17.3 Å². The van der Waals surface area contributed by atoms with Crippen molar-refractivity contribution in [2.45, 2.75) is 13.5 Å². The molecular formula is C12H18N2O4S. The Morgan fingerprint density at radius 3 is 2.79 bits per heavy atom. The summed E-state index contributed by atoms with van der Waals surface area (Å²) in [5.74, 6) is 1.49. The minimum atomic E-state index is -0.792. The van der Waals surface area contributed by atoms with E-state index in [9.17, 15) is 14.3 Å². The molecule has 1 rings (SSSR count). The molecule has 106 valence electrons. The fourth-order valence-electron chi connectivity index (χ4n) is 1.55. The number of nitrogens with zero attached hydrogens (tertiary/aromatic N) is 1. The fourth-order valence-corrected chi connectivity index (χ4v) is 2.21. The van der Waals surface area contributed by atoms with Gasteiger partial charge in [-0.1, -0.05) is 13.0 Å². The molecule has 0 fully saturated rings. The number of hydrogen-bond acceptors (Lipinski definition) is 5. The van der Waals surface area contributed by atoms with Gasteiger partial charge in [-0.15, -0.1) is 0 Å². The van der Waals surface area contributed by atoms with Crippen molar-refractivity contribution in [1.82, 2.24) is 5.32 Å². The first-order valence-electron chi connectivity index (χ1n) is 5.95. The lowest BCUT2D eigenvalue weighted by molar-refractivity contribution is -0.385. The van der Waals surface area contributed by atoms with Crippen molar-refractivity contribution in [2.75, 3.05) is 25.2 Å². The van der Waals surface area contributed by atoms with Crippen molar-refractivity contribution in [2.24, 2.45) is 0 Å². The van der Waals surface area contributed by atoms with E-state index in [1.165, 1.54) is 13.2 Å². The summed E-state index contributed by atoms with van der Waals surface area (Å²) in [4.78, 5) is 10.4. The lowest BCUT2D eigenvalue weighted by atomic mass is 10.2. The van der Waals surface area contributed by atoms with Crippen LogP contribution in [0.3, 0.4) is 0 Å². The molecule has 0 aliphatic carbocycles. The van der Waals surface area contributed by atoms with E-state index in [-0.39, 0.29) is 11.4 Å². The lowest BCUT2D eigenvalue weighted by Crippen LogP contribution is -2.20. The van der Waals surface area contributed by atoms with E-state index in [0.29, 0.717) is 24.6 Å². The maximum absolute atomic E-state index is 11.2. The molecule has 1 unspecified atom stereocenters. The molecule has 1 N–H and O–H groups in total. The number of nitro benzene ring substituents is 1. The maximum atomic E-state index is 11.2.